The Bertz CT molecular complexity index is 850. The molecule has 2 aromatic carbocycles. The lowest BCUT2D eigenvalue weighted by Crippen LogP contribution is -2.43. The number of nitrogens with zero attached hydrogens (tertiary/aromatic N) is 1. The molecule has 0 spiro atoms. The Labute approximate surface area is 158 Å². The molecular weight excluding hydrogens is 378 g/mol. The van der Waals surface area contributed by atoms with Crippen LogP contribution >= 0.6 is 11.6 Å². The van der Waals surface area contributed by atoms with Crippen LogP contribution in [0.15, 0.2) is 53.4 Å². The number of benzene rings is 2. The van der Waals surface area contributed by atoms with Crippen LogP contribution in [0.2, 0.25) is 5.02 Å². The predicted octanol–water partition coefficient (Wildman–Crippen LogP) is 3.06. The molecule has 1 atom stereocenters. The molecule has 0 saturated heterocycles. The van der Waals surface area contributed by atoms with Crippen LogP contribution < -0.4 is 4.74 Å². The molecule has 0 aliphatic rings. The highest BCUT2D eigenvalue weighted by Crippen LogP contribution is 2.22. The van der Waals surface area contributed by atoms with Crippen LogP contribution in [0.1, 0.15) is 12.5 Å². The summed E-state index contributed by atoms with van der Waals surface area (Å²) in [4.78, 5) is 11.7. The van der Waals surface area contributed by atoms with E-state index in [2.05, 4.69) is 0 Å². The molecular formula is C18H20ClNO5S. The summed E-state index contributed by atoms with van der Waals surface area (Å²) in [6, 6.07) is 11.3. The van der Waals surface area contributed by atoms with Crippen molar-refractivity contribution in [2.75, 3.05) is 13.7 Å². The van der Waals surface area contributed by atoms with E-state index in [0.717, 1.165) is 4.31 Å². The van der Waals surface area contributed by atoms with Crippen molar-refractivity contribution in [3.8, 4) is 5.75 Å². The SMILES string of the molecule is CCOc1ccc(C[C@@H](C(=O)O)N(C)S(=O)(=O)c2ccc(Cl)cc2)cc1. The minimum atomic E-state index is -3.97. The van der Waals surface area contributed by atoms with E-state index in [1.807, 2.05) is 6.92 Å². The van der Waals surface area contributed by atoms with Crippen molar-refractivity contribution in [3.63, 3.8) is 0 Å². The summed E-state index contributed by atoms with van der Waals surface area (Å²) < 4.78 is 31.7. The Hall–Kier alpha value is -2.09. The third kappa shape index (κ3) is 4.75. The van der Waals surface area contributed by atoms with E-state index >= 15 is 0 Å². The van der Waals surface area contributed by atoms with E-state index in [9.17, 15) is 18.3 Å². The normalized spacial score (nSPS) is 12.8. The first kappa shape index (κ1) is 20.2. The maximum absolute atomic E-state index is 12.7. The van der Waals surface area contributed by atoms with Gasteiger partial charge in [0.1, 0.15) is 11.8 Å². The Morgan fingerprint density at radius 2 is 1.73 bits per heavy atom. The molecule has 0 bridgehead atoms. The van der Waals surface area contributed by atoms with E-state index in [0.29, 0.717) is 22.9 Å². The first-order chi connectivity index (χ1) is 12.3. The molecule has 0 saturated carbocycles. The zero-order valence-corrected chi connectivity index (χ0v) is 16.0. The van der Waals surface area contributed by atoms with Crippen molar-refractivity contribution in [3.05, 3.63) is 59.1 Å². The van der Waals surface area contributed by atoms with Gasteiger partial charge in [0.25, 0.3) is 0 Å². The summed E-state index contributed by atoms with van der Waals surface area (Å²) in [7, 11) is -2.71. The molecule has 6 nitrogen and oxygen atoms in total. The smallest absolute Gasteiger partial charge is 0.322 e. The summed E-state index contributed by atoms with van der Waals surface area (Å²) in [5.74, 6) is -0.552. The van der Waals surface area contributed by atoms with Crippen molar-refractivity contribution in [2.45, 2.75) is 24.3 Å². The van der Waals surface area contributed by atoms with E-state index in [1.54, 1.807) is 24.3 Å². The van der Waals surface area contributed by atoms with Gasteiger partial charge in [0.2, 0.25) is 10.0 Å². The number of carboxylic acid groups (broad SMARTS) is 1. The zero-order chi connectivity index (χ0) is 19.3. The molecule has 1 N–H and O–H groups in total. The Balaban J connectivity index is 2.25. The fraction of sp³-hybridized carbons (Fsp3) is 0.278. The van der Waals surface area contributed by atoms with Crippen LogP contribution in [0.25, 0.3) is 0 Å². The van der Waals surface area contributed by atoms with Crippen LogP contribution in [0.5, 0.6) is 5.75 Å². The highest BCUT2D eigenvalue weighted by molar-refractivity contribution is 7.89. The molecule has 8 heteroatoms. The number of hydrogen-bond acceptors (Lipinski definition) is 4. The molecule has 0 aliphatic heterocycles. The third-order valence-electron chi connectivity index (χ3n) is 3.88. The van der Waals surface area contributed by atoms with E-state index in [4.69, 9.17) is 16.3 Å². The maximum atomic E-state index is 12.7. The highest BCUT2D eigenvalue weighted by Gasteiger charge is 2.32. The largest absolute Gasteiger partial charge is 0.494 e. The van der Waals surface area contributed by atoms with E-state index in [1.165, 1.54) is 31.3 Å². The van der Waals surface area contributed by atoms with Gasteiger partial charge in [0.15, 0.2) is 0 Å². The summed E-state index contributed by atoms with van der Waals surface area (Å²) in [6.07, 6.45) is 0.0328. The average molecular weight is 398 g/mol. The summed E-state index contributed by atoms with van der Waals surface area (Å²) in [5, 5.41) is 9.95. The second-order valence-electron chi connectivity index (χ2n) is 5.61. The van der Waals surface area contributed by atoms with Gasteiger partial charge in [0.05, 0.1) is 11.5 Å². The van der Waals surface area contributed by atoms with Gasteiger partial charge in [-0.1, -0.05) is 23.7 Å². The van der Waals surface area contributed by atoms with Crippen LogP contribution in [0.3, 0.4) is 0 Å². The van der Waals surface area contributed by atoms with Gasteiger partial charge in [-0.05, 0) is 55.3 Å². The minimum Gasteiger partial charge on any atom is -0.494 e. The molecule has 2 aromatic rings. The van der Waals surface area contributed by atoms with E-state index in [-0.39, 0.29) is 11.3 Å². The molecule has 2 rings (SSSR count). The van der Waals surface area contributed by atoms with Gasteiger partial charge < -0.3 is 9.84 Å². The first-order valence-electron chi connectivity index (χ1n) is 7.94. The van der Waals surface area contributed by atoms with Crippen molar-refractivity contribution < 1.29 is 23.1 Å². The Morgan fingerprint density at radius 3 is 2.23 bits per heavy atom. The maximum Gasteiger partial charge on any atom is 0.322 e. The van der Waals surface area contributed by atoms with Crippen molar-refractivity contribution in [1.29, 1.82) is 0 Å². The molecule has 0 unspecified atom stereocenters. The number of carbonyl (C=O) groups is 1. The number of rotatable bonds is 8. The summed E-state index contributed by atoms with van der Waals surface area (Å²) in [5.41, 5.74) is 0.694. The third-order valence-corrected chi connectivity index (χ3v) is 6.01. The second kappa shape index (κ2) is 8.53. The van der Waals surface area contributed by atoms with Crippen molar-refractivity contribution >= 4 is 27.6 Å². The van der Waals surface area contributed by atoms with E-state index < -0.39 is 22.0 Å². The topological polar surface area (TPSA) is 83.9 Å². The van der Waals surface area contributed by atoms with Crippen LogP contribution in [0, 0.1) is 0 Å². The Morgan fingerprint density at radius 1 is 1.15 bits per heavy atom. The predicted molar refractivity (Wildman–Crippen MR) is 99.1 cm³/mol. The lowest BCUT2D eigenvalue weighted by molar-refractivity contribution is -0.141. The number of ether oxygens (including phenoxy) is 1. The van der Waals surface area contributed by atoms with Crippen LogP contribution in [0.4, 0.5) is 0 Å². The highest BCUT2D eigenvalue weighted by atomic mass is 35.5. The first-order valence-corrected chi connectivity index (χ1v) is 9.75. The lowest BCUT2D eigenvalue weighted by Gasteiger charge is -2.24. The number of halogens is 1. The van der Waals surface area contributed by atoms with Gasteiger partial charge in [-0.25, -0.2) is 8.42 Å². The Kier molecular flexibility index (Phi) is 6.63. The van der Waals surface area contributed by atoms with Crippen LogP contribution in [-0.4, -0.2) is 43.5 Å². The van der Waals surface area contributed by atoms with Gasteiger partial charge in [-0.15, -0.1) is 0 Å². The molecule has 0 fully saturated rings. The minimum absolute atomic E-state index is 0.0117. The molecule has 0 radical (unpaired) electrons. The van der Waals surface area contributed by atoms with Crippen molar-refractivity contribution in [1.82, 2.24) is 4.31 Å². The number of likely N-dealkylation sites (N-methyl/N-ethyl adjacent to an activating group) is 1. The molecule has 0 amide bonds. The molecule has 0 aliphatic carbocycles. The van der Waals surface area contributed by atoms with Gasteiger partial charge in [0, 0.05) is 12.1 Å². The lowest BCUT2D eigenvalue weighted by atomic mass is 10.1. The monoisotopic (exact) mass is 397 g/mol. The average Bonchev–Trinajstić information content (AvgIpc) is 2.61. The number of sulfonamides is 1. The molecule has 0 heterocycles. The number of hydrogen-bond donors (Lipinski definition) is 1. The van der Waals surface area contributed by atoms with Gasteiger partial charge in [-0.2, -0.15) is 4.31 Å². The molecule has 26 heavy (non-hydrogen) atoms. The fourth-order valence-corrected chi connectivity index (χ4v) is 3.86. The number of aliphatic carboxylic acids is 1. The zero-order valence-electron chi connectivity index (χ0n) is 14.4. The second-order valence-corrected chi connectivity index (χ2v) is 8.04. The van der Waals surface area contributed by atoms with Gasteiger partial charge >= 0.3 is 5.97 Å². The van der Waals surface area contributed by atoms with Gasteiger partial charge in [-0.3, -0.25) is 4.79 Å². The van der Waals surface area contributed by atoms with Crippen molar-refractivity contribution in [2.24, 2.45) is 0 Å². The summed E-state index contributed by atoms with van der Waals surface area (Å²) in [6.45, 7) is 2.39. The summed E-state index contributed by atoms with van der Waals surface area (Å²) >= 11 is 5.78. The fourth-order valence-electron chi connectivity index (χ4n) is 2.42. The molecule has 0 aromatic heterocycles. The van der Waals surface area contributed by atoms with Crippen LogP contribution in [-0.2, 0) is 21.2 Å². The quantitative estimate of drug-likeness (QED) is 0.740. The number of carboxylic acids is 1. The standard InChI is InChI=1S/C18H20ClNO5S/c1-3-25-15-8-4-13(5-9-15)12-17(18(21)22)20(2)26(23,24)16-10-6-14(19)7-11-16/h4-11,17H,3,12H2,1-2H3,(H,21,22)/t17-/m0/s1. The molecule has 140 valence electrons.